The van der Waals surface area contributed by atoms with Gasteiger partial charge in [0.2, 0.25) is 5.91 Å². The van der Waals surface area contributed by atoms with Gasteiger partial charge in [0.1, 0.15) is 0 Å². The first-order valence-electron chi connectivity index (χ1n) is 10.9. The second kappa shape index (κ2) is 8.47. The number of hydrogen-bond acceptors (Lipinski definition) is 2. The summed E-state index contributed by atoms with van der Waals surface area (Å²) in [4.78, 5) is 15.6. The standard InChI is InChI=1S/C26H31N3O/c1-18-9-11-21(12-10-18)17-29(25-15-13-22-7-5-6-8-24(22)25)26(30)16-14-23-19(2)27-28(4)20(23)3/h5-12,25H,13-17H2,1-4H3. The first-order chi connectivity index (χ1) is 14.4. The van der Waals surface area contributed by atoms with Crippen molar-refractivity contribution in [2.45, 2.75) is 59.0 Å². The minimum atomic E-state index is 0.158. The number of carbonyl (C=O) groups excluding carboxylic acids is 1. The van der Waals surface area contributed by atoms with Gasteiger partial charge in [0.15, 0.2) is 0 Å². The Labute approximate surface area is 179 Å². The van der Waals surface area contributed by atoms with Gasteiger partial charge in [0.05, 0.1) is 11.7 Å². The summed E-state index contributed by atoms with van der Waals surface area (Å²) in [6, 6.07) is 17.3. The Morgan fingerprint density at radius 2 is 1.83 bits per heavy atom. The van der Waals surface area contributed by atoms with E-state index in [-0.39, 0.29) is 11.9 Å². The summed E-state index contributed by atoms with van der Waals surface area (Å²) in [5.74, 6) is 0.222. The largest absolute Gasteiger partial charge is 0.331 e. The van der Waals surface area contributed by atoms with E-state index in [1.807, 2.05) is 18.7 Å². The van der Waals surface area contributed by atoms with E-state index in [1.165, 1.54) is 27.8 Å². The summed E-state index contributed by atoms with van der Waals surface area (Å²) in [6.45, 7) is 6.86. The molecule has 0 N–H and O–H groups in total. The maximum Gasteiger partial charge on any atom is 0.223 e. The molecule has 0 saturated heterocycles. The highest BCUT2D eigenvalue weighted by atomic mass is 16.2. The number of fused-ring (bicyclic) bond motifs is 1. The van der Waals surface area contributed by atoms with Crippen LogP contribution in [0.5, 0.6) is 0 Å². The first kappa shape index (κ1) is 20.4. The average Bonchev–Trinajstić information content (AvgIpc) is 3.26. The fraction of sp³-hybridized carbons (Fsp3) is 0.385. The molecule has 0 saturated carbocycles. The van der Waals surface area contributed by atoms with Crippen LogP contribution in [0.1, 0.15) is 58.1 Å². The number of carbonyl (C=O) groups is 1. The van der Waals surface area contributed by atoms with Crippen LogP contribution in [0.2, 0.25) is 0 Å². The van der Waals surface area contributed by atoms with Crippen LogP contribution in [0.4, 0.5) is 0 Å². The van der Waals surface area contributed by atoms with Crippen molar-refractivity contribution in [1.29, 1.82) is 0 Å². The molecular weight excluding hydrogens is 370 g/mol. The SMILES string of the molecule is Cc1ccc(CN(C(=O)CCc2c(C)nn(C)c2C)C2CCc3ccccc32)cc1. The maximum absolute atomic E-state index is 13.5. The predicted molar refractivity (Wildman–Crippen MR) is 120 cm³/mol. The molecule has 3 aromatic rings. The minimum absolute atomic E-state index is 0.158. The van der Waals surface area contributed by atoms with E-state index in [2.05, 4.69) is 72.4 Å². The molecule has 4 rings (SSSR count). The molecule has 30 heavy (non-hydrogen) atoms. The highest BCUT2D eigenvalue weighted by Gasteiger charge is 2.31. The first-order valence-corrected chi connectivity index (χ1v) is 10.9. The van der Waals surface area contributed by atoms with Crippen molar-refractivity contribution < 1.29 is 4.79 Å². The van der Waals surface area contributed by atoms with Crippen molar-refractivity contribution in [2.24, 2.45) is 7.05 Å². The lowest BCUT2D eigenvalue weighted by Gasteiger charge is -2.30. The minimum Gasteiger partial charge on any atom is -0.331 e. The average molecular weight is 402 g/mol. The molecule has 0 fully saturated rings. The fourth-order valence-electron chi connectivity index (χ4n) is 4.68. The lowest BCUT2D eigenvalue weighted by Crippen LogP contribution is -2.33. The molecular formula is C26H31N3O. The van der Waals surface area contributed by atoms with Crippen molar-refractivity contribution in [3.05, 3.63) is 87.7 Å². The van der Waals surface area contributed by atoms with Crippen molar-refractivity contribution in [3.8, 4) is 0 Å². The number of hydrogen-bond donors (Lipinski definition) is 0. The van der Waals surface area contributed by atoms with Gasteiger partial charge >= 0.3 is 0 Å². The summed E-state index contributed by atoms with van der Waals surface area (Å²) in [5.41, 5.74) is 8.50. The smallest absolute Gasteiger partial charge is 0.223 e. The van der Waals surface area contributed by atoms with Crippen LogP contribution < -0.4 is 0 Å². The van der Waals surface area contributed by atoms with Gasteiger partial charge < -0.3 is 4.90 Å². The summed E-state index contributed by atoms with van der Waals surface area (Å²) >= 11 is 0. The van der Waals surface area contributed by atoms with Crippen LogP contribution in [-0.4, -0.2) is 20.6 Å². The highest BCUT2D eigenvalue weighted by Crippen LogP contribution is 2.37. The molecule has 0 bridgehead atoms. The zero-order chi connectivity index (χ0) is 21.3. The molecule has 0 spiro atoms. The van der Waals surface area contributed by atoms with Crippen LogP contribution >= 0.6 is 0 Å². The number of rotatable bonds is 6. The molecule has 1 aliphatic rings. The van der Waals surface area contributed by atoms with Gasteiger partial charge in [0.25, 0.3) is 0 Å². The number of amides is 1. The van der Waals surface area contributed by atoms with Gasteiger partial charge in [-0.3, -0.25) is 9.48 Å². The van der Waals surface area contributed by atoms with E-state index in [0.29, 0.717) is 13.0 Å². The molecule has 1 aliphatic carbocycles. The van der Waals surface area contributed by atoms with Gasteiger partial charge in [-0.05, 0) is 62.3 Å². The van der Waals surface area contributed by atoms with E-state index in [0.717, 1.165) is 30.7 Å². The second-order valence-corrected chi connectivity index (χ2v) is 8.53. The number of aromatic nitrogens is 2. The van der Waals surface area contributed by atoms with Gasteiger partial charge in [-0.15, -0.1) is 0 Å². The zero-order valence-electron chi connectivity index (χ0n) is 18.5. The van der Waals surface area contributed by atoms with Crippen LogP contribution in [0.15, 0.2) is 48.5 Å². The Morgan fingerprint density at radius 1 is 1.10 bits per heavy atom. The van der Waals surface area contributed by atoms with Crippen LogP contribution in [0.25, 0.3) is 0 Å². The molecule has 156 valence electrons. The third-order valence-corrected chi connectivity index (χ3v) is 6.52. The molecule has 1 unspecified atom stereocenters. The molecule has 1 atom stereocenters. The number of aryl methyl sites for hydroxylation is 4. The highest BCUT2D eigenvalue weighted by molar-refractivity contribution is 5.77. The molecule has 1 amide bonds. The Morgan fingerprint density at radius 3 is 2.53 bits per heavy atom. The Balaban J connectivity index is 1.58. The van der Waals surface area contributed by atoms with E-state index < -0.39 is 0 Å². The fourth-order valence-corrected chi connectivity index (χ4v) is 4.68. The Hall–Kier alpha value is -2.88. The van der Waals surface area contributed by atoms with E-state index in [9.17, 15) is 4.79 Å². The monoisotopic (exact) mass is 401 g/mol. The van der Waals surface area contributed by atoms with Gasteiger partial charge in [-0.2, -0.15) is 5.10 Å². The lowest BCUT2D eigenvalue weighted by molar-refractivity contribution is -0.134. The molecule has 1 aromatic heterocycles. The normalized spacial score (nSPS) is 15.3. The third kappa shape index (κ3) is 4.04. The maximum atomic E-state index is 13.5. The zero-order valence-corrected chi connectivity index (χ0v) is 18.5. The van der Waals surface area contributed by atoms with Crippen molar-refractivity contribution in [2.75, 3.05) is 0 Å². The van der Waals surface area contributed by atoms with E-state index >= 15 is 0 Å². The number of nitrogens with zero attached hydrogens (tertiary/aromatic N) is 3. The Bertz CT molecular complexity index is 1050. The molecule has 0 radical (unpaired) electrons. The lowest BCUT2D eigenvalue weighted by atomic mass is 10.0. The van der Waals surface area contributed by atoms with Gasteiger partial charge in [0, 0.05) is 25.7 Å². The van der Waals surface area contributed by atoms with E-state index in [1.54, 1.807) is 0 Å². The molecule has 0 aliphatic heterocycles. The summed E-state index contributed by atoms with van der Waals surface area (Å²) in [7, 11) is 1.97. The topological polar surface area (TPSA) is 38.1 Å². The van der Waals surface area contributed by atoms with Crippen LogP contribution in [0.3, 0.4) is 0 Å². The second-order valence-electron chi connectivity index (χ2n) is 8.53. The van der Waals surface area contributed by atoms with Crippen molar-refractivity contribution >= 4 is 5.91 Å². The van der Waals surface area contributed by atoms with E-state index in [4.69, 9.17) is 0 Å². The molecule has 4 nitrogen and oxygen atoms in total. The predicted octanol–water partition coefficient (Wildman–Crippen LogP) is 4.99. The number of benzene rings is 2. The summed E-state index contributed by atoms with van der Waals surface area (Å²) < 4.78 is 1.91. The van der Waals surface area contributed by atoms with Crippen LogP contribution in [-0.2, 0) is 31.2 Å². The van der Waals surface area contributed by atoms with Gasteiger partial charge in [-0.1, -0.05) is 54.1 Å². The quantitative estimate of drug-likeness (QED) is 0.583. The Kier molecular flexibility index (Phi) is 5.76. The molecule has 1 heterocycles. The third-order valence-electron chi connectivity index (χ3n) is 6.52. The summed E-state index contributed by atoms with van der Waals surface area (Å²) in [5, 5.41) is 4.51. The van der Waals surface area contributed by atoms with Gasteiger partial charge in [-0.25, -0.2) is 0 Å². The van der Waals surface area contributed by atoms with Crippen molar-refractivity contribution in [3.63, 3.8) is 0 Å². The van der Waals surface area contributed by atoms with Crippen molar-refractivity contribution in [1.82, 2.24) is 14.7 Å². The molecule has 2 aromatic carbocycles. The summed E-state index contributed by atoms with van der Waals surface area (Å²) in [6.07, 6.45) is 3.29. The molecule has 4 heteroatoms. The van der Waals surface area contributed by atoms with Crippen LogP contribution in [0, 0.1) is 20.8 Å².